The fraction of sp³-hybridized carbons (Fsp3) is 0. The molecule has 0 aliphatic rings. The molecule has 10 aromatic rings. The Morgan fingerprint density at radius 3 is 1.88 bits per heavy atom. The maximum absolute atomic E-state index is 6.40. The molecular weight excluding hydrogens is 585 g/mol. The summed E-state index contributed by atoms with van der Waals surface area (Å²) >= 11 is 0. The molecule has 3 heterocycles. The average Bonchev–Trinajstić information content (AvgIpc) is 3.76. The van der Waals surface area contributed by atoms with Crippen LogP contribution in [0.2, 0.25) is 0 Å². The van der Waals surface area contributed by atoms with Crippen LogP contribution >= 0.6 is 0 Å². The van der Waals surface area contributed by atoms with Crippen LogP contribution in [-0.4, -0.2) is 9.38 Å². The van der Waals surface area contributed by atoms with Crippen LogP contribution < -0.4 is 0 Å². The van der Waals surface area contributed by atoms with E-state index in [-0.39, 0.29) is 0 Å². The number of hydrogen-bond donors (Lipinski definition) is 0. The molecule has 224 valence electrons. The van der Waals surface area contributed by atoms with Crippen molar-refractivity contribution in [1.82, 2.24) is 9.38 Å². The molecule has 0 atom stereocenters. The molecule has 0 amide bonds. The summed E-state index contributed by atoms with van der Waals surface area (Å²) < 4.78 is 8.76. The summed E-state index contributed by atoms with van der Waals surface area (Å²) in [5.41, 5.74) is 12.8. The van der Waals surface area contributed by atoms with Gasteiger partial charge in [-0.1, -0.05) is 146 Å². The van der Waals surface area contributed by atoms with Gasteiger partial charge in [0.15, 0.2) is 0 Å². The van der Waals surface area contributed by atoms with Crippen molar-refractivity contribution < 1.29 is 4.42 Å². The van der Waals surface area contributed by atoms with Crippen molar-refractivity contribution in [2.24, 2.45) is 0 Å². The Bertz CT molecular complexity index is 2830. The molecule has 0 fully saturated rings. The summed E-state index contributed by atoms with van der Waals surface area (Å²) in [4.78, 5) is 5.36. The van der Waals surface area contributed by atoms with Gasteiger partial charge in [0, 0.05) is 38.2 Å². The zero-order chi connectivity index (χ0) is 31.6. The van der Waals surface area contributed by atoms with Gasteiger partial charge in [-0.15, -0.1) is 0 Å². The average molecular weight is 613 g/mol. The first-order valence-corrected chi connectivity index (χ1v) is 16.3. The third-order valence-corrected chi connectivity index (χ3v) is 9.58. The Labute approximate surface area is 277 Å². The SMILES string of the molecule is c1ccc(-c2nc3c4ccccc4c4cc(-c5cccc(-c6cccc7c6oc6ccccc67)c5)ccc4n3c2-c2ccccc2)cc1. The Kier molecular flexibility index (Phi) is 5.87. The van der Waals surface area contributed by atoms with Crippen molar-refractivity contribution in [2.45, 2.75) is 0 Å². The Balaban J connectivity index is 1.21. The van der Waals surface area contributed by atoms with Crippen LogP contribution in [0.3, 0.4) is 0 Å². The van der Waals surface area contributed by atoms with E-state index >= 15 is 0 Å². The number of para-hydroxylation sites is 2. The Morgan fingerprint density at radius 1 is 0.417 bits per heavy atom. The minimum absolute atomic E-state index is 0.911. The van der Waals surface area contributed by atoms with Gasteiger partial charge in [0.05, 0.1) is 16.9 Å². The molecule has 0 saturated heterocycles. The van der Waals surface area contributed by atoms with Gasteiger partial charge in [-0.25, -0.2) is 4.98 Å². The summed E-state index contributed by atoms with van der Waals surface area (Å²) in [6.45, 7) is 0. The molecule has 0 bridgehead atoms. The van der Waals surface area contributed by atoms with Crippen LogP contribution in [0.5, 0.6) is 0 Å². The van der Waals surface area contributed by atoms with E-state index in [0.29, 0.717) is 0 Å². The third-order valence-electron chi connectivity index (χ3n) is 9.58. The summed E-state index contributed by atoms with van der Waals surface area (Å²) in [5, 5.41) is 5.79. The quantitative estimate of drug-likeness (QED) is 0.185. The standard InChI is InChI=1S/C45H28N2O/c1-3-13-29(14-4-1)42-43(30-15-5-2-6-16-30)47-40-26-25-32(28-39(40)35-19-7-8-21-38(35)45(47)46-42)31-17-11-18-33(27-31)34-22-12-23-37-36-20-9-10-24-41(36)48-44(34)37/h1-28H. The molecule has 0 unspecified atom stereocenters. The van der Waals surface area contributed by atoms with Gasteiger partial charge in [0.1, 0.15) is 16.8 Å². The lowest BCUT2D eigenvalue weighted by Crippen LogP contribution is -1.95. The summed E-state index contributed by atoms with van der Waals surface area (Å²) in [5.74, 6) is 0. The van der Waals surface area contributed by atoms with E-state index < -0.39 is 0 Å². The highest BCUT2D eigenvalue weighted by atomic mass is 16.3. The molecule has 48 heavy (non-hydrogen) atoms. The smallest absolute Gasteiger partial charge is 0.146 e. The lowest BCUT2D eigenvalue weighted by molar-refractivity contribution is 0.670. The number of nitrogens with zero attached hydrogens (tertiary/aromatic N) is 2. The molecule has 10 rings (SSSR count). The highest BCUT2D eigenvalue weighted by molar-refractivity contribution is 6.14. The Morgan fingerprint density at radius 2 is 1.04 bits per heavy atom. The largest absolute Gasteiger partial charge is 0.455 e. The summed E-state index contributed by atoms with van der Waals surface area (Å²) in [6.07, 6.45) is 0. The van der Waals surface area contributed by atoms with E-state index in [0.717, 1.165) is 83.3 Å². The highest BCUT2D eigenvalue weighted by Crippen LogP contribution is 2.41. The zero-order valence-electron chi connectivity index (χ0n) is 26.0. The number of aromatic nitrogens is 2. The topological polar surface area (TPSA) is 30.4 Å². The normalized spacial score (nSPS) is 11.8. The predicted octanol–water partition coefficient (Wildman–Crippen LogP) is 12.2. The minimum Gasteiger partial charge on any atom is -0.455 e. The number of hydrogen-bond acceptors (Lipinski definition) is 2. The Hall–Kier alpha value is -6.45. The van der Waals surface area contributed by atoms with Crippen LogP contribution in [0.4, 0.5) is 0 Å². The fourth-order valence-corrected chi connectivity index (χ4v) is 7.38. The minimum atomic E-state index is 0.911. The van der Waals surface area contributed by atoms with Crippen LogP contribution in [0.1, 0.15) is 0 Å². The van der Waals surface area contributed by atoms with E-state index in [1.807, 2.05) is 12.1 Å². The monoisotopic (exact) mass is 612 g/mol. The van der Waals surface area contributed by atoms with Gasteiger partial charge in [-0.2, -0.15) is 0 Å². The summed E-state index contributed by atoms with van der Waals surface area (Å²) in [7, 11) is 0. The third kappa shape index (κ3) is 4.04. The van der Waals surface area contributed by atoms with Gasteiger partial charge in [-0.05, 0) is 46.3 Å². The highest BCUT2D eigenvalue weighted by Gasteiger charge is 2.21. The van der Waals surface area contributed by atoms with Crippen LogP contribution in [0.15, 0.2) is 174 Å². The maximum atomic E-state index is 6.40. The maximum Gasteiger partial charge on any atom is 0.146 e. The molecule has 0 N–H and O–H groups in total. The number of fused-ring (bicyclic) bond motifs is 9. The molecule has 0 saturated carbocycles. The van der Waals surface area contributed by atoms with Crippen LogP contribution in [-0.2, 0) is 0 Å². The molecule has 0 aliphatic heterocycles. The molecular formula is C45H28N2O. The van der Waals surface area contributed by atoms with E-state index in [1.54, 1.807) is 0 Å². The molecule has 3 aromatic heterocycles. The van der Waals surface area contributed by atoms with Crippen molar-refractivity contribution in [3.05, 3.63) is 170 Å². The molecule has 7 aromatic carbocycles. The second-order valence-corrected chi connectivity index (χ2v) is 12.3. The van der Waals surface area contributed by atoms with Gasteiger partial charge < -0.3 is 4.42 Å². The number of rotatable bonds is 4. The fourth-order valence-electron chi connectivity index (χ4n) is 7.38. The van der Waals surface area contributed by atoms with Crippen molar-refractivity contribution in [3.63, 3.8) is 0 Å². The lowest BCUT2D eigenvalue weighted by Gasteiger charge is -2.13. The van der Waals surface area contributed by atoms with Crippen LogP contribution in [0.25, 0.3) is 94.0 Å². The van der Waals surface area contributed by atoms with Crippen molar-refractivity contribution in [2.75, 3.05) is 0 Å². The zero-order valence-corrected chi connectivity index (χ0v) is 26.0. The summed E-state index contributed by atoms with van der Waals surface area (Å²) in [6, 6.07) is 60.1. The van der Waals surface area contributed by atoms with Gasteiger partial charge in [0.2, 0.25) is 0 Å². The molecule has 0 radical (unpaired) electrons. The number of benzene rings is 7. The second-order valence-electron chi connectivity index (χ2n) is 12.3. The van der Waals surface area contributed by atoms with Gasteiger partial charge in [0.25, 0.3) is 0 Å². The van der Waals surface area contributed by atoms with Gasteiger partial charge >= 0.3 is 0 Å². The van der Waals surface area contributed by atoms with Crippen molar-refractivity contribution in [1.29, 1.82) is 0 Å². The first-order chi connectivity index (χ1) is 23.8. The van der Waals surface area contributed by atoms with E-state index in [1.165, 1.54) is 10.8 Å². The van der Waals surface area contributed by atoms with E-state index in [9.17, 15) is 0 Å². The van der Waals surface area contributed by atoms with E-state index in [2.05, 4.69) is 162 Å². The molecule has 0 aliphatic carbocycles. The predicted molar refractivity (Wildman–Crippen MR) is 199 cm³/mol. The number of imidazole rings is 1. The number of pyridine rings is 1. The van der Waals surface area contributed by atoms with E-state index in [4.69, 9.17) is 9.40 Å². The van der Waals surface area contributed by atoms with Gasteiger partial charge in [-0.3, -0.25) is 4.40 Å². The molecule has 3 heteroatoms. The second kappa shape index (κ2) is 10.5. The first kappa shape index (κ1) is 26.7. The number of furan rings is 1. The van der Waals surface area contributed by atoms with Crippen molar-refractivity contribution >= 4 is 49.3 Å². The first-order valence-electron chi connectivity index (χ1n) is 16.3. The van der Waals surface area contributed by atoms with Crippen LogP contribution in [0, 0.1) is 0 Å². The lowest BCUT2D eigenvalue weighted by atomic mass is 9.96. The molecule has 0 spiro atoms. The molecule has 3 nitrogen and oxygen atoms in total. The van der Waals surface area contributed by atoms with Crippen molar-refractivity contribution in [3.8, 4) is 44.8 Å².